The SMILES string of the molecule is CCCCCCCCCCCC(=O)OC(=O)C(CC(=O)[O-])S(=O)(=O)[O-].[Na+].[Na+]. The zero-order valence-electron chi connectivity index (χ0n) is 16.5. The van der Waals surface area contributed by atoms with E-state index in [2.05, 4.69) is 11.7 Å². The fraction of sp³-hybridized carbons (Fsp3) is 0.812. The van der Waals surface area contributed by atoms with Crippen LogP contribution in [0.5, 0.6) is 0 Å². The number of ether oxygens (including phenoxy) is 1. The molecule has 0 amide bonds. The number of carbonyl (C=O) groups excluding carboxylic acids is 3. The molecule has 0 bridgehead atoms. The van der Waals surface area contributed by atoms with E-state index in [9.17, 15) is 32.5 Å². The molecule has 0 aromatic carbocycles. The van der Waals surface area contributed by atoms with E-state index in [-0.39, 0.29) is 65.5 Å². The van der Waals surface area contributed by atoms with Crippen molar-refractivity contribution in [3.05, 3.63) is 0 Å². The van der Waals surface area contributed by atoms with Crippen LogP contribution in [0.4, 0.5) is 0 Å². The molecule has 0 N–H and O–H groups in total. The van der Waals surface area contributed by atoms with Crippen molar-refractivity contribution in [3.8, 4) is 0 Å². The van der Waals surface area contributed by atoms with E-state index >= 15 is 0 Å². The molecule has 1 atom stereocenters. The van der Waals surface area contributed by atoms with Gasteiger partial charge in [-0.1, -0.05) is 58.3 Å². The van der Waals surface area contributed by atoms with Gasteiger partial charge in [0.25, 0.3) is 0 Å². The van der Waals surface area contributed by atoms with Crippen LogP contribution in [0.2, 0.25) is 0 Å². The molecule has 0 rings (SSSR count). The van der Waals surface area contributed by atoms with Gasteiger partial charge in [0, 0.05) is 18.8 Å². The van der Waals surface area contributed by atoms with E-state index in [1.807, 2.05) is 0 Å². The molecule has 0 aliphatic carbocycles. The van der Waals surface area contributed by atoms with Crippen LogP contribution >= 0.6 is 0 Å². The van der Waals surface area contributed by atoms with Crippen molar-refractivity contribution < 1.29 is 96.3 Å². The summed E-state index contributed by atoms with van der Waals surface area (Å²) in [6.07, 6.45) is 7.76. The van der Waals surface area contributed by atoms with Gasteiger partial charge >= 0.3 is 71.1 Å². The normalized spacial score (nSPS) is 11.6. The average molecular weight is 424 g/mol. The first-order valence-electron chi connectivity index (χ1n) is 8.57. The maximum Gasteiger partial charge on any atom is 1.00 e. The number of carbonyl (C=O) groups is 3. The second-order valence-corrected chi connectivity index (χ2v) is 7.48. The molecule has 8 nitrogen and oxygen atoms in total. The summed E-state index contributed by atoms with van der Waals surface area (Å²) >= 11 is 0. The Morgan fingerprint density at radius 2 is 1.33 bits per heavy atom. The molecule has 0 radical (unpaired) electrons. The molecule has 27 heavy (non-hydrogen) atoms. The van der Waals surface area contributed by atoms with Crippen molar-refractivity contribution in [2.24, 2.45) is 0 Å². The van der Waals surface area contributed by atoms with Gasteiger partial charge in [-0.2, -0.15) is 0 Å². The van der Waals surface area contributed by atoms with Gasteiger partial charge in [0.2, 0.25) is 0 Å². The first-order chi connectivity index (χ1) is 11.7. The van der Waals surface area contributed by atoms with Crippen molar-refractivity contribution in [2.45, 2.75) is 82.8 Å². The minimum Gasteiger partial charge on any atom is -0.747 e. The van der Waals surface area contributed by atoms with E-state index in [1.165, 1.54) is 25.7 Å². The van der Waals surface area contributed by atoms with Gasteiger partial charge in [0.1, 0.15) is 10.1 Å². The number of carboxylic acids is 1. The van der Waals surface area contributed by atoms with Crippen LogP contribution in [0.3, 0.4) is 0 Å². The van der Waals surface area contributed by atoms with Crippen LogP contribution < -0.4 is 64.2 Å². The summed E-state index contributed by atoms with van der Waals surface area (Å²) in [6, 6.07) is 0. The van der Waals surface area contributed by atoms with Gasteiger partial charge < -0.3 is 19.2 Å². The van der Waals surface area contributed by atoms with Crippen molar-refractivity contribution in [1.82, 2.24) is 0 Å². The summed E-state index contributed by atoms with van der Waals surface area (Å²) in [6.45, 7) is 2.15. The third-order valence-corrected chi connectivity index (χ3v) is 4.72. The fourth-order valence-corrected chi connectivity index (χ4v) is 2.89. The molecule has 0 aromatic rings. The Morgan fingerprint density at radius 3 is 1.74 bits per heavy atom. The topological polar surface area (TPSA) is 141 Å². The van der Waals surface area contributed by atoms with Gasteiger partial charge in [0.15, 0.2) is 5.25 Å². The van der Waals surface area contributed by atoms with E-state index in [4.69, 9.17) is 0 Å². The summed E-state index contributed by atoms with van der Waals surface area (Å²) in [4.78, 5) is 33.4. The number of unbranched alkanes of at least 4 members (excludes halogenated alkanes) is 8. The molecule has 0 aromatic heterocycles. The summed E-state index contributed by atoms with van der Waals surface area (Å²) in [5.41, 5.74) is 0. The Balaban J connectivity index is -0.00000288. The molecule has 1 unspecified atom stereocenters. The average Bonchev–Trinajstić information content (AvgIpc) is 2.49. The Morgan fingerprint density at radius 1 is 0.889 bits per heavy atom. The second kappa shape index (κ2) is 18.5. The summed E-state index contributed by atoms with van der Waals surface area (Å²) in [7, 11) is -5.24. The number of rotatable bonds is 14. The van der Waals surface area contributed by atoms with Crippen LogP contribution in [0.1, 0.15) is 77.6 Å². The maximum atomic E-state index is 11.5. The van der Waals surface area contributed by atoms with Crippen LogP contribution in [0.15, 0.2) is 0 Å². The Labute approximate surface area is 205 Å². The minimum atomic E-state index is -5.24. The third kappa shape index (κ3) is 18.3. The molecule has 0 fully saturated rings. The predicted molar refractivity (Wildman–Crippen MR) is 86.1 cm³/mol. The smallest absolute Gasteiger partial charge is 0.747 e. The number of hydrogen-bond donors (Lipinski definition) is 0. The Hall–Kier alpha value is 0.520. The number of carboxylic acid groups (broad SMARTS) is 1. The van der Waals surface area contributed by atoms with E-state index in [0.29, 0.717) is 6.42 Å². The molecule has 0 aliphatic rings. The molecule has 11 heteroatoms. The summed E-state index contributed by atoms with van der Waals surface area (Å²) in [5.74, 6) is -4.53. The molecule has 146 valence electrons. The number of hydrogen-bond acceptors (Lipinski definition) is 8. The molecular weight excluding hydrogens is 398 g/mol. The standard InChI is InChI=1S/C16H28O8S.2Na/c1-2-3-4-5-6-7-8-9-10-11-15(19)24-16(20)13(12-14(17)18)25(21,22)23;;/h13H,2-12H2,1H3,(H,17,18)(H,21,22,23);;/q;2*+1/p-2. The van der Waals surface area contributed by atoms with Gasteiger partial charge in [0.05, 0.1) is 0 Å². The molecule has 0 saturated heterocycles. The van der Waals surface area contributed by atoms with E-state index in [1.54, 1.807) is 0 Å². The van der Waals surface area contributed by atoms with Crippen molar-refractivity contribution in [2.75, 3.05) is 0 Å². The quantitative estimate of drug-likeness (QED) is 0.0888. The van der Waals surface area contributed by atoms with Crippen molar-refractivity contribution >= 4 is 28.0 Å². The van der Waals surface area contributed by atoms with Crippen LogP contribution in [-0.4, -0.2) is 36.1 Å². The maximum absolute atomic E-state index is 11.5. The first kappa shape index (κ1) is 32.2. The Bertz CT molecular complexity index is 537. The minimum absolute atomic E-state index is 0. The largest absolute Gasteiger partial charge is 1.00 e. The van der Waals surface area contributed by atoms with Gasteiger partial charge in [-0.15, -0.1) is 0 Å². The monoisotopic (exact) mass is 424 g/mol. The van der Waals surface area contributed by atoms with Gasteiger partial charge in [-0.3, -0.25) is 9.59 Å². The molecule has 0 spiro atoms. The number of aliphatic carboxylic acids is 1. The zero-order chi connectivity index (χ0) is 19.3. The van der Waals surface area contributed by atoms with Gasteiger partial charge in [-0.25, -0.2) is 8.42 Å². The second-order valence-electron chi connectivity index (χ2n) is 5.93. The molecule has 0 heterocycles. The molecular formula is C16H26Na2O8S. The van der Waals surface area contributed by atoms with Crippen LogP contribution in [0, 0.1) is 0 Å². The fourth-order valence-electron chi connectivity index (χ4n) is 2.26. The first-order valence-corrected chi connectivity index (χ1v) is 10.0. The van der Waals surface area contributed by atoms with Crippen LogP contribution in [-0.2, 0) is 29.2 Å². The zero-order valence-corrected chi connectivity index (χ0v) is 21.3. The van der Waals surface area contributed by atoms with Crippen molar-refractivity contribution in [1.29, 1.82) is 0 Å². The van der Waals surface area contributed by atoms with Crippen LogP contribution in [0.25, 0.3) is 0 Å². The van der Waals surface area contributed by atoms with E-state index < -0.39 is 39.7 Å². The molecule has 0 saturated carbocycles. The Kier molecular flexibility index (Phi) is 22.1. The predicted octanol–water partition coefficient (Wildman–Crippen LogP) is -4.96. The summed E-state index contributed by atoms with van der Waals surface area (Å²) in [5, 5.41) is 7.93. The number of esters is 2. The third-order valence-electron chi connectivity index (χ3n) is 3.66. The molecule has 0 aliphatic heterocycles. The summed E-state index contributed by atoms with van der Waals surface area (Å²) < 4.78 is 36.8. The van der Waals surface area contributed by atoms with E-state index in [0.717, 1.165) is 25.7 Å². The van der Waals surface area contributed by atoms with Gasteiger partial charge in [-0.05, 0) is 6.42 Å². The van der Waals surface area contributed by atoms with Crippen molar-refractivity contribution in [3.63, 3.8) is 0 Å².